The highest BCUT2D eigenvalue weighted by Crippen LogP contribution is 2.28. The summed E-state index contributed by atoms with van der Waals surface area (Å²) in [7, 11) is 0. The molecule has 1 amide bonds. The number of hydrogen-bond donors (Lipinski definition) is 2. The van der Waals surface area contributed by atoms with Crippen LogP contribution in [0.15, 0.2) is 24.3 Å². The van der Waals surface area contributed by atoms with Crippen LogP contribution in [0.5, 0.6) is 0 Å². The summed E-state index contributed by atoms with van der Waals surface area (Å²) in [6.07, 6.45) is 5.47. The topological polar surface area (TPSA) is 49.3 Å². The molecule has 20 heavy (non-hydrogen) atoms. The zero-order chi connectivity index (χ0) is 14.4. The van der Waals surface area contributed by atoms with Crippen molar-refractivity contribution < 1.29 is 9.90 Å². The van der Waals surface area contributed by atoms with E-state index in [0.29, 0.717) is 16.4 Å². The molecule has 1 aromatic carbocycles. The summed E-state index contributed by atoms with van der Waals surface area (Å²) >= 11 is 1.82. The van der Waals surface area contributed by atoms with Crippen molar-refractivity contribution in [2.75, 3.05) is 12.9 Å². The zero-order valence-corrected chi connectivity index (χ0v) is 12.4. The molecule has 1 aromatic rings. The van der Waals surface area contributed by atoms with Crippen LogP contribution in [0.4, 0.5) is 0 Å². The van der Waals surface area contributed by atoms with Crippen LogP contribution in [0.2, 0.25) is 0 Å². The van der Waals surface area contributed by atoms with Gasteiger partial charge in [-0.2, -0.15) is 11.8 Å². The van der Waals surface area contributed by atoms with Crippen molar-refractivity contribution in [3.05, 3.63) is 35.4 Å². The van der Waals surface area contributed by atoms with Gasteiger partial charge in [0.2, 0.25) is 0 Å². The molecule has 0 aliphatic heterocycles. The Labute approximate surface area is 124 Å². The lowest BCUT2D eigenvalue weighted by atomic mass is 10.1. The standard InChI is InChI=1S/C16H19NO2S/c1-20-15-10-4-9-14(15)17-16(19)13-8-3-2-6-12(13)7-5-11-18/h2-3,6,8,14-15,18H,4,9-11H2,1H3,(H,17,19). The maximum Gasteiger partial charge on any atom is 0.252 e. The van der Waals surface area contributed by atoms with E-state index in [0.717, 1.165) is 12.8 Å². The van der Waals surface area contributed by atoms with Gasteiger partial charge in [-0.25, -0.2) is 0 Å². The number of aliphatic hydroxyl groups excluding tert-OH is 1. The third kappa shape index (κ3) is 3.56. The fourth-order valence-corrected chi connectivity index (χ4v) is 3.48. The van der Waals surface area contributed by atoms with Gasteiger partial charge >= 0.3 is 0 Å². The van der Waals surface area contributed by atoms with Crippen LogP contribution in [-0.2, 0) is 0 Å². The lowest BCUT2D eigenvalue weighted by Gasteiger charge is -2.19. The number of thioether (sulfide) groups is 1. The molecule has 2 N–H and O–H groups in total. The van der Waals surface area contributed by atoms with E-state index in [9.17, 15) is 4.79 Å². The smallest absolute Gasteiger partial charge is 0.252 e. The van der Waals surface area contributed by atoms with Gasteiger partial charge in [-0.1, -0.05) is 30.4 Å². The SMILES string of the molecule is CSC1CCCC1NC(=O)c1ccccc1C#CCO. The Hall–Kier alpha value is -1.44. The van der Waals surface area contributed by atoms with Crippen molar-refractivity contribution in [2.24, 2.45) is 0 Å². The Morgan fingerprint density at radius 1 is 1.45 bits per heavy atom. The van der Waals surface area contributed by atoms with Crippen molar-refractivity contribution >= 4 is 17.7 Å². The molecule has 0 saturated heterocycles. The van der Waals surface area contributed by atoms with Crippen LogP contribution >= 0.6 is 11.8 Å². The summed E-state index contributed by atoms with van der Waals surface area (Å²) < 4.78 is 0. The van der Waals surface area contributed by atoms with Crippen LogP contribution in [0.25, 0.3) is 0 Å². The molecule has 2 atom stereocenters. The van der Waals surface area contributed by atoms with Crippen molar-refractivity contribution in [2.45, 2.75) is 30.6 Å². The van der Waals surface area contributed by atoms with Crippen LogP contribution in [0, 0.1) is 11.8 Å². The third-order valence-electron chi connectivity index (χ3n) is 3.55. The minimum absolute atomic E-state index is 0.0706. The minimum Gasteiger partial charge on any atom is -0.384 e. The summed E-state index contributed by atoms with van der Waals surface area (Å²) in [6.45, 7) is -0.201. The van der Waals surface area contributed by atoms with Gasteiger partial charge < -0.3 is 10.4 Å². The van der Waals surface area contributed by atoms with E-state index in [1.807, 2.05) is 23.9 Å². The number of rotatable bonds is 3. The molecule has 1 saturated carbocycles. The van der Waals surface area contributed by atoms with Gasteiger partial charge in [-0.3, -0.25) is 4.79 Å². The molecule has 0 spiro atoms. The summed E-state index contributed by atoms with van der Waals surface area (Å²) in [6, 6.07) is 7.51. The summed E-state index contributed by atoms with van der Waals surface area (Å²) in [4.78, 5) is 12.4. The predicted octanol–water partition coefficient (Wildman–Crippen LogP) is 2.04. The molecule has 1 fully saturated rings. The van der Waals surface area contributed by atoms with Gasteiger partial charge in [-0.05, 0) is 31.2 Å². The van der Waals surface area contributed by atoms with Crippen LogP contribution in [0.1, 0.15) is 35.2 Å². The normalized spacial score (nSPS) is 21.1. The first kappa shape index (κ1) is 15.0. The minimum atomic E-state index is -0.201. The maximum atomic E-state index is 12.4. The number of benzene rings is 1. The number of nitrogens with one attached hydrogen (secondary N) is 1. The van der Waals surface area contributed by atoms with Gasteiger partial charge in [0.1, 0.15) is 6.61 Å². The molecule has 1 aliphatic carbocycles. The third-order valence-corrected chi connectivity index (χ3v) is 4.72. The van der Waals surface area contributed by atoms with E-state index in [-0.39, 0.29) is 18.6 Å². The van der Waals surface area contributed by atoms with E-state index in [1.165, 1.54) is 6.42 Å². The van der Waals surface area contributed by atoms with E-state index >= 15 is 0 Å². The Morgan fingerprint density at radius 3 is 3.00 bits per heavy atom. The highest BCUT2D eigenvalue weighted by molar-refractivity contribution is 7.99. The summed E-state index contributed by atoms with van der Waals surface area (Å²) in [5, 5.41) is 12.4. The Kier molecular flexibility index (Phi) is 5.51. The monoisotopic (exact) mass is 289 g/mol. The fraction of sp³-hybridized carbons (Fsp3) is 0.438. The molecule has 2 unspecified atom stereocenters. The van der Waals surface area contributed by atoms with Gasteiger partial charge in [0.05, 0.1) is 5.56 Å². The quantitative estimate of drug-likeness (QED) is 0.837. The Morgan fingerprint density at radius 2 is 2.25 bits per heavy atom. The Bertz CT molecular complexity index is 533. The van der Waals surface area contributed by atoms with Crippen LogP contribution in [0.3, 0.4) is 0 Å². The van der Waals surface area contributed by atoms with Crippen molar-refractivity contribution in [3.63, 3.8) is 0 Å². The Balaban J connectivity index is 2.13. The lowest BCUT2D eigenvalue weighted by Crippen LogP contribution is -2.38. The number of carbonyl (C=O) groups excluding carboxylic acids is 1. The predicted molar refractivity (Wildman–Crippen MR) is 82.8 cm³/mol. The lowest BCUT2D eigenvalue weighted by molar-refractivity contribution is 0.0938. The summed E-state index contributed by atoms with van der Waals surface area (Å²) in [5.74, 6) is 5.35. The van der Waals surface area contributed by atoms with Gasteiger partial charge in [-0.15, -0.1) is 0 Å². The van der Waals surface area contributed by atoms with E-state index in [4.69, 9.17) is 5.11 Å². The number of amides is 1. The number of hydrogen-bond acceptors (Lipinski definition) is 3. The molecule has 3 nitrogen and oxygen atoms in total. The first-order valence-electron chi connectivity index (χ1n) is 6.78. The zero-order valence-electron chi connectivity index (χ0n) is 11.6. The molecule has 0 radical (unpaired) electrons. The molecule has 4 heteroatoms. The van der Waals surface area contributed by atoms with Gasteiger partial charge in [0.25, 0.3) is 5.91 Å². The molecule has 2 rings (SSSR count). The average molecular weight is 289 g/mol. The van der Waals surface area contributed by atoms with Crippen molar-refractivity contribution in [3.8, 4) is 11.8 Å². The van der Waals surface area contributed by atoms with E-state index < -0.39 is 0 Å². The largest absolute Gasteiger partial charge is 0.384 e. The molecular weight excluding hydrogens is 270 g/mol. The second-order valence-electron chi connectivity index (χ2n) is 4.79. The van der Waals surface area contributed by atoms with E-state index in [1.54, 1.807) is 12.1 Å². The molecular formula is C16H19NO2S. The molecule has 1 aliphatic rings. The number of carbonyl (C=O) groups is 1. The van der Waals surface area contributed by atoms with E-state index in [2.05, 4.69) is 23.4 Å². The molecule has 106 valence electrons. The number of aliphatic hydroxyl groups is 1. The highest BCUT2D eigenvalue weighted by atomic mass is 32.2. The molecule has 0 bridgehead atoms. The summed E-state index contributed by atoms with van der Waals surface area (Å²) in [5.41, 5.74) is 1.25. The second-order valence-corrected chi connectivity index (χ2v) is 5.87. The first-order chi connectivity index (χ1) is 9.76. The maximum absolute atomic E-state index is 12.4. The highest BCUT2D eigenvalue weighted by Gasteiger charge is 2.28. The van der Waals surface area contributed by atoms with Gasteiger partial charge in [0.15, 0.2) is 0 Å². The first-order valence-corrected chi connectivity index (χ1v) is 8.07. The second kappa shape index (κ2) is 7.37. The fourth-order valence-electron chi connectivity index (χ4n) is 2.54. The average Bonchev–Trinajstić information content (AvgIpc) is 2.92. The van der Waals surface area contributed by atoms with Crippen molar-refractivity contribution in [1.82, 2.24) is 5.32 Å². The van der Waals surface area contributed by atoms with Gasteiger partial charge in [0, 0.05) is 16.9 Å². The van der Waals surface area contributed by atoms with Crippen molar-refractivity contribution in [1.29, 1.82) is 0 Å². The molecule has 0 heterocycles. The van der Waals surface area contributed by atoms with Crippen LogP contribution in [-0.4, -0.2) is 35.2 Å². The molecule has 0 aromatic heterocycles. The van der Waals surface area contributed by atoms with Crippen LogP contribution < -0.4 is 5.32 Å².